The topological polar surface area (TPSA) is 54.2 Å². The molecule has 1 N–H and O–H groups in total. The monoisotopic (exact) mass is 505 g/mol. The standard InChI is InChI=1S/C22H27N5O.HI/c1-16-5-4-6-21-25-19(15-27(16)21)13-24-22(23-2)26-12-11-18(14-26)17-7-9-20(28-3)10-8-17;/h4-10,15,18H,11-14H2,1-3H3,(H,23,24);1H. The highest BCUT2D eigenvalue weighted by molar-refractivity contribution is 14.0. The highest BCUT2D eigenvalue weighted by Crippen LogP contribution is 2.28. The Labute approximate surface area is 189 Å². The zero-order valence-corrected chi connectivity index (χ0v) is 19.5. The zero-order valence-electron chi connectivity index (χ0n) is 17.1. The summed E-state index contributed by atoms with van der Waals surface area (Å²) in [7, 11) is 3.54. The van der Waals surface area contributed by atoms with Crippen LogP contribution in [0.1, 0.15) is 29.3 Å². The molecule has 1 fully saturated rings. The number of aliphatic imine (C=N–C) groups is 1. The molecule has 6 nitrogen and oxygen atoms in total. The molecule has 1 aromatic carbocycles. The van der Waals surface area contributed by atoms with Gasteiger partial charge in [0.05, 0.1) is 19.3 Å². The Hall–Kier alpha value is -2.29. The van der Waals surface area contributed by atoms with Crippen molar-refractivity contribution in [2.24, 2.45) is 4.99 Å². The maximum Gasteiger partial charge on any atom is 0.193 e. The molecule has 0 saturated carbocycles. The number of guanidine groups is 1. The Bertz CT molecular complexity index is 983. The fraction of sp³-hybridized carbons (Fsp3) is 0.364. The first kappa shape index (κ1) is 21.4. The number of aryl methyl sites for hydroxylation is 1. The minimum absolute atomic E-state index is 0. The van der Waals surface area contributed by atoms with E-state index in [1.807, 2.05) is 31.3 Å². The van der Waals surface area contributed by atoms with Crippen LogP contribution in [0.2, 0.25) is 0 Å². The van der Waals surface area contributed by atoms with Gasteiger partial charge in [0.1, 0.15) is 11.4 Å². The third-order valence-electron chi connectivity index (χ3n) is 5.46. The number of hydrogen-bond donors (Lipinski definition) is 1. The van der Waals surface area contributed by atoms with Crippen molar-refractivity contribution in [2.45, 2.75) is 25.8 Å². The minimum Gasteiger partial charge on any atom is -0.497 e. The lowest BCUT2D eigenvalue weighted by Gasteiger charge is -2.21. The van der Waals surface area contributed by atoms with E-state index in [0.717, 1.165) is 42.6 Å². The molecular formula is C22H28IN5O. The van der Waals surface area contributed by atoms with Crippen molar-refractivity contribution >= 4 is 35.6 Å². The van der Waals surface area contributed by atoms with Gasteiger partial charge >= 0.3 is 0 Å². The predicted octanol–water partition coefficient (Wildman–Crippen LogP) is 3.83. The summed E-state index contributed by atoms with van der Waals surface area (Å²) in [5, 5.41) is 3.48. The van der Waals surface area contributed by atoms with Gasteiger partial charge in [0.15, 0.2) is 5.96 Å². The van der Waals surface area contributed by atoms with Crippen LogP contribution in [-0.2, 0) is 6.54 Å². The molecule has 3 heterocycles. The molecule has 4 rings (SSSR count). The van der Waals surface area contributed by atoms with Gasteiger partial charge in [-0.2, -0.15) is 0 Å². The van der Waals surface area contributed by atoms with E-state index in [-0.39, 0.29) is 24.0 Å². The lowest BCUT2D eigenvalue weighted by atomic mass is 9.98. The molecule has 3 aromatic rings. The highest BCUT2D eigenvalue weighted by Gasteiger charge is 2.26. The second-order valence-electron chi connectivity index (χ2n) is 7.23. The molecule has 1 saturated heterocycles. The number of nitrogens with zero attached hydrogens (tertiary/aromatic N) is 4. The Morgan fingerprint density at radius 2 is 2.03 bits per heavy atom. The number of pyridine rings is 1. The Kier molecular flexibility index (Phi) is 7.00. The zero-order chi connectivity index (χ0) is 19.5. The smallest absolute Gasteiger partial charge is 0.193 e. The predicted molar refractivity (Wildman–Crippen MR) is 127 cm³/mol. The summed E-state index contributed by atoms with van der Waals surface area (Å²) in [5.74, 6) is 2.35. The van der Waals surface area contributed by atoms with E-state index in [4.69, 9.17) is 9.72 Å². The number of nitrogens with one attached hydrogen (secondary N) is 1. The fourth-order valence-electron chi connectivity index (χ4n) is 3.89. The van der Waals surface area contributed by atoms with E-state index in [1.165, 1.54) is 11.3 Å². The summed E-state index contributed by atoms with van der Waals surface area (Å²) in [6, 6.07) is 14.6. The molecule has 0 amide bonds. The van der Waals surface area contributed by atoms with E-state index < -0.39 is 0 Å². The molecule has 29 heavy (non-hydrogen) atoms. The molecular weight excluding hydrogens is 477 g/mol. The van der Waals surface area contributed by atoms with Crippen molar-refractivity contribution in [2.75, 3.05) is 27.2 Å². The van der Waals surface area contributed by atoms with Crippen LogP contribution in [0.25, 0.3) is 5.65 Å². The lowest BCUT2D eigenvalue weighted by Crippen LogP contribution is -2.39. The lowest BCUT2D eigenvalue weighted by molar-refractivity contribution is 0.414. The van der Waals surface area contributed by atoms with Gasteiger partial charge in [-0.05, 0) is 43.2 Å². The van der Waals surface area contributed by atoms with Crippen molar-refractivity contribution in [3.8, 4) is 5.75 Å². The highest BCUT2D eigenvalue weighted by atomic mass is 127. The summed E-state index contributed by atoms with van der Waals surface area (Å²) < 4.78 is 7.38. The SMILES string of the molecule is CN=C(NCc1cn2c(C)cccc2n1)N1CCC(c2ccc(OC)cc2)C1.I. The van der Waals surface area contributed by atoms with Gasteiger partial charge in [-0.15, -0.1) is 24.0 Å². The molecule has 0 spiro atoms. The van der Waals surface area contributed by atoms with Crippen LogP contribution in [-0.4, -0.2) is 47.5 Å². The van der Waals surface area contributed by atoms with Crippen LogP contribution in [0, 0.1) is 6.92 Å². The van der Waals surface area contributed by atoms with Gasteiger partial charge in [-0.3, -0.25) is 4.99 Å². The Balaban J connectivity index is 0.00000240. The minimum atomic E-state index is 0. The number of methoxy groups -OCH3 is 1. The van der Waals surface area contributed by atoms with Gasteiger partial charge < -0.3 is 19.4 Å². The van der Waals surface area contributed by atoms with Gasteiger partial charge in [0.2, 0.25) is 0 Å². The van der Waals surface area contributed by atoms with Crippen molar-refractivity contribution in [1.82, 2.24) is 19.6 Å². The van der Waals surface area contributed by atoms with Gasteiger partial charge in [0, 0.05) is 37.9 Å². The van der Waals surface area contributed by atoms with E-state index in [1.54, 1.807) is 7.11 Å². The largest absolute Gasteiger partial charge is 0.497 e. The van der Waals surface area contributed by atoms with Crippen LogP contribution in [0.3, 0.4) is 0 Å². The molecule has 7 heteroatoms. The molecule has 154 valence electrons. The summed E-state index contributed by atoms with van der Waals surface area (Å²) in [5.41, 5.74) is 4.53. The van der Waals surface area contributed by atoms with Gasteiger partial charge in [-0.1, -0.05) is 18.2 Å². The van der Waals surface area contributed by atoms with Crippen LogP contribution in [0.15, 0.2) is 53.7 Å². The van der Waals surface area contributed by atoms with E-state index in [9.17, 15) is 0 Å². The molecule has 1 unspecified atom stereocenters. The summed E-state index contributed by atoms with van der Waals surface area (Å²) in [4.78, 5) is 11.5. The molecule has 0 radical (unpaired) electrons. The molecule has 1 atom stereocenters. The molecule has 0 bridgehead atoms. The number of rotatable bonds is 4. The van der Waals surface area contributed by atoms with Gasteiger partial charge in [-0.25, -0.2) is 4.98 Å². The number of hydrogen-bond acceptors (Lipinski definition) is 3. The third kappa shape index (κ3) is 4.66. The van der Waals surface area contributed by atoms with Crippen LogP contribution < -0.4 is 10.1 Å². The van der Waals surface area contributed by atoms with Crippen LogP contribution in [0.4, 0.5) is 0 Å². The first-order valence-electron chi connectivity index (χ1n) is 9.71. The maximum atomic E-state index is 5.26. The maximum absolute atomic E-state index is 5.26. The molecule has 1 aliphatic rings. The number of likely N-dealkylation sites (tertiary alicyclic amines) is 1. The number of aromatic nitrogens is 2. The van der Waals surface area contributed by atoms with Crippen molar-refractivity contribution in [3.05, 3.63) is 65.6 Å². The second kappa shape index (κ2) is 9.47. The van der Waals surface area contributed by atoms with Gasteiger partial charge in [0.25, 0.3) is 0 Å². The van der Waals surface area contributed by atoms with Crippen LogP contribution >= 0.6 is 24.0 Å². The summed E-state index contributed by atoms with van der Waals surface area (Å²) in [6.07, 6.45) is 3.22. The van der Waals surface area contributed by atoms with E-state index in [0.29, 0.717) is 12.5 Å². The summed E-state index contributed by atoms with van der Waals surface area (Å²) >= 11 is 0. The molecule has 2 aromatic heterocycles. The van der Waals surface area contributed by atoms with E-state index in [2.05, 4.69) is 50.9 Å². The van der Waals surface area contributed by atoms with Crippen molar-refractivity contribution in [1.29, 1.82) is 0 Å². The molecule has 1 aliphatic heterocycles. The summed E-state index contributed by atoms with van der Waals surface area (Å²) in [6.45, 7) is 4.72. The average molecular weight is 505 g/mol. The number of benzene rings is 1. The number of ether oxygens (including phenoxy) is 1. The van der Waals surface area contributed by atoms with E-state index >= 15 is 0 Å². The second-order valence-corrected chi connectivity index (χ2v) is 7.23. The first-order chi connectivity index (χ1) is 13.7. The Morgan fingerprint density at radius 3 is 2.72 bits per heavy atom. The van der Waals surface area contributed by atoms with Crippen molar-refractivity contribution < 1.29 is 4.74 Å². The number of imidazole rings is 1. The number of fused-ring (bicyclic) bond motifs is 1. The normalized spacial score (nSPS) is 16.7. The fourth-order valence-corrected chi connectivity index (χ4v) is 3.89. The average Bonchev–Trinajstić information content (AvgIpc) is 3.37. The van der Waals surface area contributed by atoms with Crippen molar-refractivity contribution in [3.63, 3.8) is 0 Å². The third-order valence-corrected chi connectivity index (χ3v) is 5.46. The number of halogens is 1. The first-order valence-corrected chi connectivity index (χ1v) is 9.71. The Morgan fingerprint density at radius 1 is 1.24 bits per heavy atom. The van der Waals surface area contributed by atoms with Crippen LogP contribution in [0.5, 0.6) is 5.75 Å². The quantitative estimate of drug-likeness (QED) is 0.333. The molecule has 0 aliphatic carbocycles.